The number of methoxy groups -OCH3 is 1. The average Bonchev–Trinajstić information content (AvgIpc) is 2.69. The minimum atomic E-state index is 0.467. The van der Waals surface area contributed by atoms with Gasteiger partial charge in [0, 0.05) is 6.04 Å². The molecule has 1 aliphatic rings. The average molecular weight is 247 g/mol. The van der Waals surface area contributed by atoms with Crippen LogP contribution in [0.4, 0.5) is 0 Å². The molecule has 2 heteroatoms. The highest BCUT2D eigenvalue weighted by Gasteiger charge is 2.33. The first-order valence-electron chi connectivity index (χ1n) is 6.98. The van der Waals surface area contributed by atoms with Gasteiger partial charge in [0.15, 0.2) is 0 Å². The summed E-state index contributed by atoms with van der Waals surface area (Å²) >= 11 is 0. The summed E-state index contributed by atoms with van der Waals surface area (Å²) in [5, 5.41) is 3.72. The quantitative estimate of drug-likeness (QED) is 0.861. The highest BCUT2D eigenvalue weighted by Crippen LogP contribution is 2.37. The minimum Gasteiger partial charge on any atom is -0.497 e. The van der Waals surface area contributed by atoms with Crippen LogP contribution >= 0.6 is 0 Å². The predicted molar refractivity (Wildman–Crippen MR) is 76.1 cm³/mol. The van der Waals surface area contributed by atoms with Gasteiger partial charge < -0.3 is 10.1 Å². The molecular weight excluding hydrogens is 222 g/mol. The molecule has 0 saturated heterocycles. The number of benzene rings is 1. The van der Waals surface area contributed by atoms with Crippen molar-refractivity contribution >= 4 is 0 Å². The maximum Gasteiger partial charge on any atom is 0.119 e. The van der Waals surface area contributed by atoms with E-state index in [0.29, 0.717) is 11.5 Å². The van der Waals surface area contributed by atoms with Crippen molar-refractivity contribution in [1.29, 1.82) is 0 Å². The van der Waals surface area contributed by atoms with Crippen LogP contribution in [0.3, 0.4) is 0 Å². The molecule has 1 N–H and O–H groups in total. The van der Waals surface area contributed by atoms with Crippen LogP contribution in [0.15, 0.2) is 24.3 Å². The second kappa shape index (κ2) is 5.75. The normalized spacial score (nSPS) is 22.1. The molecule has 1 unspecified atom stereocenters. The van der Waals surface area contributed by atoms with E-state index >= 15 is 0 Å². The van der Waals surface area contributed by atoms with Crippen molar-refractivity contribution in [1.82, 2.24) is 5.32 Å². The van der Waals surface area contributed by atoms with Crippen LogP contribution in [0.2, 0.25) is 0 Å². The summed E-state index contributed by atoms with van der Waals surface area (Å²) < 4.78 is 5.25. The number of nitrogens with one attached hydrogen (secondary N) is 1. The zero-order valence-electron chi connectivity index (χ0n) is 11.8. The third-order valence-corrected chi connectivity index (χ3v) is 4.20. The van der Waals surface area contributed by atoms with E-state index in [0.717, 1.165) is 18.7 Å². The first-order valence-corrected chi connectivity index (χ1v) is 6.98. The van der Waals surface area contributed by atoms with Gasteiger partial charge in [0.2, 0.25) is 0 Å². The Morgan fingerprint density at radius 1 is 1.39 bits per heavy atom. The topological polar surface area (TPSA) is 21.3 Å². The summed E-state index contributed by atoms with van der Waals surface area (Å²) in [6.07, 6.45) is 5.11. The van der Waals surface area contributed by atoms with E-state index in [1.807, 2.05) is 6.07 Å². The summed E-state index contributed by atoms with van der Waals surface area (Å²) in [5.41, 5.74) is 1.81. The first kappa shape index (κ1) is 13.4. The van der Waals surface area contributed by atoms with Gasteiger partial charge >= 0.3 is 0 Å². The van der Waals surface area contributed by atoms with Crippen molar-refractivity contribution in [2.45, 2.75) is 45.6 Å². The molecule has 2 rings (SSSR count). The SMILES string of the molecule is COc1cccc(CCNC2CCCC2(C)C)c1. The zero-order valence-corrected chi connectivity index (χ0v) is 11.8. The molecule has 0 bridgehead atoms. The fraction of sp³-hybridized carbons (Fsp3) is 0.625. The Bertz CT molecular complexity index is 386. The lowest BCUT2D eigenvalue weighted by atomic mass is 9.87. The summed E-state index contributed by atoms with van der Waals surface area (Å²) in [6.45, 7) is 5.81. The number of ether oxygens (including phenoxy) is 1. The third kappa shape index (κ3) is 3.26. The molecule has 1 saturated carbocycles. The minimum absolute atomic E-state index is 0.467. The van der Waals surface area contributed by atoms with Crippen LogP contribution in [0.1, 0.15) is 38.7 Å². The van der Waals surface area contributed by atoms with Crippen LogP contribution in [-0.2, 0) is 6.42 Å². The molecule has 18 heavy (non-hydrogen) atoms. The fourth-order valence-corrected chi connectivity index (χ4v) is 2.92. The van der Waals surface area contributed by atoms with Gasteiger partial charge in [0.05, 0.1) is 7.11 Å². The highest BCUT2D eigenvalue weighted by molar-refractivity contribution is 5.28. The molecule has 0 radical (unpaired) electrons. The number of rotatable bonds is 5. The summed E-state index contributed by atoms with van der Waals surface area (Å²) in [5.74, 6) is 0.952. The van der Waals surface area contributed by atoms with Crippen molar-refractivity contribution in [3.8, 4) is 5.75 Å². The van der Waals surface area contributed by atoms with Crippen LogP contribution in [-0.4, -0.2) is 19.7 Å². The van der Waals surface area contributed by atoms with Crippen molar-refractivity contribution < 1.29 is 4.74 Å². The van der Waals surface area contributed by atoms with Gasteiger partial charge in [-0.25, -0.2) is 0 Å². The molecule has 0 aromatic heterocycles. The van der Waals surface area contributed by atoms with E-state index in [9.17, 15) is 0 Å². The maximum atomic E-state index is 5.25. The summed E-state index contributed by atoms with van der Waals surface area (Å²) in [6, 6.07) is 9.04. The predicted octanol–water partition coefficient (Wildman–Crippen LogP) is 3.41. The fourth-order valence-electron chi connectivity index (χ4n) is 2.92. The highest BCUT2D eigenvalue weighted by atomic mass is 16.5. The van der Waals surface area contributed by atoms with Crippen LogP contribution in [0.25, 0.3) is 0 Å². The van der Waals surface area contributed by atoms with Gasteiger partial charge in [0.25, 0.3) is 0 Å². The second-order valence-corrected chi connectivity index (χ2v) is 5.99. The van der Waals surface area contributed by atoms with Gasteiger partial charge in [0.1, 0.15) is 5.75 Å². The lowest BCUT2D eigenvalue weighted by Gasteiger charge is -2.28. The van der Waals surface area contributed by atoms with E-state index in [1.165, 1.54) is 24.8 Å². The van der Waals surface area contributed by atoms with E-state index in [-0.39, 0.29) is 0 Å². The standard InChI is InChI=1S/C16H25NO/c1-16(2)10-5-8-15(16)17-11-9-13-6-4-7-14(12-13)18-3/h4,6-7,12,15,17H,5,8-11H2,1-3H3. The molecule has 1 aromatic rings. The van der Waals surface area contributed by atoms with E-state index in [2.05, 4.69) is 37.4 Å². The second-order valence-electron chi connectivity index (χ2n) is 5.99. The number of hydrogen-bond acceptors (Lipinski definition) is 2. The van der Waals surface area contributed by atoms with Gasteiger partial charge in [-0.2, -0.15) is 0 Å². The molecule has 2 nitrogen and oxygen atoms in total. The molecule has 1 aliphatic carbocycles. The lowest BCUT2D eigenvalue weighted by molar-refractivity contribution is 0.285. The molecule has 1 fully saturated rings. The van der Waals surface area contributed by atoms with Crippen LogP contribution in [0, 0.1) is 5.41 Å². The van der Waals surface area contributed by atoms with Crippen LogP contribution < -0.4 is 10.1 Å². The Morgan fingerprint density at radius 3 is 2.89 bits per heavy atom. The van der Waals surface area contributed by atoms with Gasteiger partial charge in [-0.15, -0.1) is 0 Å². The van der Waals surface area contributed by atoms with Crippen LogP contribution in [0.5, 0.6) is 5.75 Å². The Kier molecular flexibility index (Phi) is 4.28. The molecule has 0 aliphatic heterocycles. The van der Waals surface area contributed by atoms with E-state index < -0.39 is 0 Å². The van der Waals surface area contributed by atoms with Crippen molar-refractivity contribution in [2.75, 3.05) is 13.7 Å². The molecule has 0 amide bonds. The van der Waals surface area contributed by atoms with Crippen molar-refractivity contribution in [2.24, 2.45) is 5.41 Å². The maximum absolute atomic E-state index is 5.25. The van der Waals surface area contributed by atoms with E-state index in [4.69, 9.17) is 4.74 Å². The molecule has 100 valence electrons. The smallest absolute Gasteiger partial charge is 0.119 e. The molecule has 0 heterocycles. The lowest BCUT2D eigenvalue weighted by Crippen LogP contribution is -2.38. The molecule has 1 atom stereocenters. The monoisotopic (exact) mass is 247 g/mol. The first-order chi connectivity index (χ1) is 8.62. The Morgan fingerprint density at radius 2 is 2.22 bits per heavy atom. The Labute approximate surface area is 111 Å². The van der Waals surface area contributed by atoms with E-state index in [1.54, 1.807) is 7.11 Å². The van der Waals surface area contributed by atoms with Crippen molar-refractivity contribution in [3.63, 3.8) is 0 Å². The molecular formula is C16H25NO. The largest absolute Gasteiger partial charge is 0.497 e. The molecule has 0 spiro atoms. The van der Waals surface area contributed by atoms with Gasteiger partial charge in [-0.05, 0) is 48.9 Å². The number of hydrogen-bond donors (Lipinski definition) is 1. The van der Waals surface area contributed by atoms with Gasteiger partial charge in [-0.3, -0.25) is 0 Å². The third-order valence-electron chi connectivity index (χ3n) is 4.20. The summed E-state index contributed by atoms with van der Waals surface area (Å²) in [4.78, 5) is 0. The summed E-state index contributed by atoms with van der Waals surface area (Å²) in [7, 11) is 1.72. The zero-order chi connectivity index (χ0) is 13.0. The Hall–Kier alpha value is -1.02. The van der Waals surface area contributed by atoms with Gasteiger partial charge in [-0.1, -0.05) is 32.4 Å². The van der Waals surface area contributed by atoms with Crippen molar-refractivity contribution in [3.05, 3.63) is 29.8 Å². The Balaban J connectivity index is 1.81. The molecule has 1 aromatic carbocycles.